The van der Waals surface area contributed by atoms with Gasteiger partial charge in [-0.2, -0.15) is 0 Å². The Morgan fingerprint density at radius 1 is 1.41 bits per heavy atom. The van der Waals surface area contributed by atoms with Crippen molar-refractivity contribution in [1.29, 1.82) is 0 Å². The van der Waals surface area contributed by atoms with Crippen LogP contribution in [0, 0.1) is 10.1 Å². The highest BCUT2D eigenvalue weighted by Gasteiger charge is 2.11. The Hall–Kier alpha value is -1.75. The van der Waals surface area contributed by atoms with Crippen LogP contribution in [0.3, 0.4) is 0 Å². The number of nitrogens with zero attached hydrogens (tertiary/aromatic N) is 1. The lowest BCUT2D eigenvalue weighted by Gasteiger charge is -2.09. The molecular formula is C11H12ClNO4. The van der Waals surface area contributed by atoms with E-state index in [4.69, 9.17) is 21.1 Å². The van der Waals surface area contributed by atoms with Gasteiger partial charge in [0.15, 0.2) is 11.5 Å². The number of benzene rings is 1. The van der Waals surface area contributed by atoms with Crippen molar-refractivity contribution in [2.75, 3.05) is 14.2 Å². The molecule has 0 saturated heterocycles. The minimum Gasteiger partial charge on any atom is -0.493 e. The lowest BCUT2D eigenvalue weighted by atomic mass is 10.1. The van der Waals surface area contributed by atoms with Gasteiger partial charge in [0.1, 0.15) is 0 Å². The van der Waals surface area contributed by atoms with Crippen molar-refractivity contribution >= 4 is 17.7 Å². The summed E-state index contributed by atoms with van der Waals surface area (Å²) in [5.74, 6) is 0.840. The average molecular weight is 258 g/mol. The molecule has 0 aliphatic heterocycles. The fraction of sp³-hybridized carbons (Fsp3) is 0.273. The van der Waals surface area contributed by atoms with Crippen molar-refractivity contribution in [3.63, 3.8) is 0 Å². The monoisotopic (exact) mass is 257 g/mol. The summed E-state index contributed by atoms with van der Waals surface area (Å²) in [6.45, 7) is 1.41. The van der Waals surface area contributed by atoms with Crippen molar-refractivity contribution in [2.45, 2.75) is 6.92 Å². The van der Waals surface area contributed by atoms with E-state index in [-0.39, 0.29) is 5.70 Å². The Bertz CT molecular complexity index is 471. The van der Waals surface area contributed by atoms with Gasteiger partial charge in [0, 0.05) is 13.0 Å². The number of allylic oxidation sites excluding steroid dienone is 1. The van der Waals surface area contributed by atoms with Gasteiger partial charge in [-0.3, -0.25) is 10.1 Å². The smallest absolute Gasteiger partial charge is 0.243 e. The number of ether oxygens (including phenoxy) is 2. The maximum atomic E-state index is 10.5. The predicted octanol–water partition coefficient (Wildman–Crippen LogP) is 2.99. The van der Waals surface area contributed by atoms with Gasteiger partial charge in [-0.15, -0.1) is 0 Å². The zero-order valence-corrected chi connectivity index (χ0v) is 10.4. The molecule has 0 radical (unpaired) electrons. The van der Waals surface area contributed by atoms with Crippen LogP contribution in [0.2, 0.25) is 5.02 Å². The zero-order valence-electron chi connectivity index (χ0n) is 9.69. The fourth-order valence-electron chi connectivity index (χ4n) is 1.32. The van der Waals surface area contributed by atoms with Crippen LogP contribution in [0.15, 0.2) is 17.8 Å². The summed E-state index contributed by atoms with van der Waals surface area (Å²) in [5.41, 5.74) is 0.607. The molecule has 1 aromatic carbocycles. The molecule has 92 valence electrons. The van der Waals surface area contributed by atoms with Gasteiger partial charge in [0.2, 0.25) is 5.70 Å². The van der Waals surface area contributed by atoms with E-state index in [1.807, 2.05) is 0 Å². The third kappa shape index (κ3) is 3.10. The van der Waals surface area contributed by atoms with Crippen LogP contribution in [-0.4, -0.2) is 19.1 Å². The number of halogens is 1. The van der Waals surface area contributed by atoms with Crippen LogP contribution in [0.4, 0.5) is 0 Å². The Balaban J connectivity index is 3.25. The second kappa shape index (κ2) is 5.54. The van der Waals surface area contributed by atoms with Crippen LogP contribution >= 0.6 is 11.6 Å². The van der Waals surface area contributed by atoms with Gasteiger partial charge in [-0.05, 0) is 17.7 Å². The third-order valence-electron chi connectivity index (χ3n) is 2.12. The first kappa shape index (κ1) is 13.3. The van der Waals surface area contributed by atoms with E-state index in [1.165, 1.54) is 27.2 Å². The number of nitro groups is 1. The van der Waals surface area contributed by atoms with Crippen molar-refractivity contribution in [1.82, 2.24) is 0 Å². The Labute approximate surface area is 104 Å². The molecule has 0 amide bonds. The second-order valence-electron chi connectivity index (χ2n) is 3.28. The molecule has 0 unspecified atom stereocenters. The maximum absolute atomic E-state index is 10.5. The van der Waals surface area contributed by atoms with Gasteiger partial charge in [0.25, 0.3) is 0 Å². The third-order valence-corrected chi connectivity index (χ3v) is 2.40. The molecule has 1 rings (SSSR count). The van der Waals surface area contributed by atoms with Crippen LogP contribution in [0.25, 0.3) is 6.08 Å². The van der Waals surface area contributed by atoms with E-state index in [0.29, 0.717) is 22.1 Å². The van der Waals surface area contributed by atoms with E-state index >= 15 is 0 Å². The minimum atomic E-state index is -0.468. The molecule has 5 nitrogen and oxygen atoms in total. The molecule has 0 aromatic heterocycles. The molecule has 1 aromatic rings. The van der Waals surface area contributed by atoms with E-state index < -0.39 is 4.92 Å². The van der Waals surface area contributed by atoms with E-state index in [2.05, 4.69) is 0 Å². The molecule has 0 aliphatic carbocycles. The number of hydrogen-bond acceptors (Lipinski definition) is 4. The SMILES string of the molecule is COc1cc(C=C(C)[N+](=O)[O-])cc(Cl)c1OC. The van der Waals surface area contributed by atoms with Gasteiger partial charge in [-0.25, -0.2) is 0 Å². The van der Waals surface area contributed by atoms with Gasteiger partial charge in [-0.1, -0.05) is 11.6 Å². The molecular weight excluding hydrogens is 246 g/mol. The predicted molar refractivity (Wildman–Crippen MR) is 65.2 cm³/mol. The summed E-state index contributed by atoms with van der Waals surface area (Å²) >= 11 is 5.97. The standard InChI is InChI=1S/C11H12ClNO4/c1-7(13(14)15)4-8-5-9(12)11(17-3)10(6-8)16-2/h4-6H,1-3H3. The van der Waals surface area contributed by atoms with Crippen molar-refractivity contribution < 1.29 is 14.4 Å². The molecule has 0 saturated carbocycles. The molecule has 17 heavy (non-hydrogen) atoms. The fourth-order valence-corrected chi connectivity index (χ4v) is 1.61. The number of hydrogen-bond donors (Lipinski definition) is 0. The molecule has 0 atom stereocenters. The molecule has 6 heteroatoms. The summed E-state index contributed by atoms with van der Waals surface area (Å²) in [4.78, 5) is 10.0. The first-order valence-electron chi connectivity index (χ1n) is 4.73. The zero-order chi connectivity index (χ0) is 13.0. The topological polar surface area (TPSA) is 61.6 Å². The van der Waals surface area contributed by atoms with Crippen molar-refractivity contribution in [2.24, 2.45) is 0 Å². The highest BCUT2D eigenvalue weighted by Crippen LogP contribution is 2.36. The van der Waals surface area contributed by atoms with Gasteiger partial charge < -0.3 is 9.47 Å². The van der Waals surface area contributed by atoms with E-state index in [1.54, 1.807) is 12.1 Å². The number of rotatable bonds is 4. The largest absolute Gasteiger partial charge is 0.493 e. The lowest BCUT2D eigenvalue weighted by molar-refractivity contribution is -0.422. The van der Waals surface area contributed by atoms with E-state index in [9.17, 15) is 10.1 Å². The van der Waals surface area contributed by atoms with Crippen LogP contribution in [0.1, 0.15) is 12.5 Å². The Morgan fingerprint density at radius 3 is 2.53 bits per heavy atom. The van der Waals surface area contributed by atoms with Crippen LogP contribution < -0.4 is 9.47 Å². The maximum Gasteiger partial charge on any atom is 0.243 e. The number of methoxy groups -OCH3 is 2. The van der Waals surface area contributed by atoms with Crippen LogP contribution in [-0.2, 0) is 0 Å². The van der Waals surface area contributed by atoms with Gasteiger partial charge in [0.05, 0.1) is 24.2 Å². The first-order valence-corrected chi connectivity index (χ1v) is 5.11. The lowest BCUT2D eigenvalue weighted by Crippen LogP contribution is -1.95. The Morgan fingerprint density at radius 2 is 2.06 bits per heavy atom. The highest BCUT2D eigenvalue weighted by molar-refractivity contribution is 6.32. The first-order chi connectivity index (χ1) is 7.99. The van der Waals surface area contributed by atoms with Crippen molar-refractivity contribution in [3.8, 4) is 11.5 Å². The second-order valence-corrected chi connectivity index (χ2v) is 3.69. The highest BCUT2D eigenvalue weighted by atomic mass is 35.5. The van der Waals surface area contributed by atoms with Gasteiger partial charge >= 0.3 is 0 Å². The molecule has 0 aliphatic rings. The molecule has 0 spiro atoms. The summed E-state index contributed by atoms with van der Waals surface area (Å²) in [7, 11) is 2.95. The minimum absolute atomic E-state index is 0.0216. The summed E-state index contributed by atoms with van der Waals surface area (Å²) in [5, 5.41) is 10.9. The summed E-state index contributed by atoms with van der Waals surface area (Å²) in [6, 6.07) is 3.20. The summed E-state index contributed by atoms with van der Waals surface area (Å²) in [6.07, 6.45) is 1.41. The van der Waals surface area contributed by atoms with Crippen molar-refractivity contribution in [3.05, 3.63) is 38.5 Å². The normalized spacial score (nSPS) is 11.2. The molecule has 0 bridgehead atoms. The Kier molecular flexibility index (Phi) is 4.34. The van der Waals surface area contributed by atoms with E-state index in [0.717, 1.165) is 0 Å². The summed E-state index contributed by atoms with van der Waals surface area (Å²) < 4.78 is 10.2. The average Bonchev–Trinajstić information content (AvgIpc) is 2.27. The van der Waals surface area contributed by atoms with Crippen LogP contribution in [0.5, 0.6) is 11.5 Å². The molecule has 0 N–H and O–H groups in total. The molecule has 0 fully saturated rings. The quantitative estimate of drug-likeness (QED) is 0.614. The molecule has 0 heterocycles.